The number of rotatable bonds is 3. The number of benzene rings is 1. The van der Waals surface area contributed by atoms with Crippen LogP contribution in [0.4, 0.5) is 4.39 Å². The van der Waals surface area contributed by atoms with Gasteiger partial charge in [-0.3, -0.25) is 0 Å². The van der Waals surface area contributed by atoms with Crippen molar-refractivity contribution in [3.05, 3.63) is 34.6 Å². The van der Waals surface area contributed by atoms with E-state index in [2.05, 4.69) is 0 Å². The molecular formula is C9H12ClFN2. The first kappa shape index (κ1) is 10.4. The Kier molecular flexibility index (Phi) is 3.66. The first-order valence-corrected chi connectivity index (χ1v) is 4.43. The molecule has 1 aromatic carbocycles. The van der Waals surface area contributed by atoms with Crippen LogP contribution in [0.3, 0.4) is 0 Å². The third-order valence-electron chi connectivity index (χ3n) is 1.84. The monoisotopic (exact) mass is 202 g/mol. The fraction of sp³-hybridized carbons (Fsp3) is 0.333. The normalized spacial score (nSPS) is 12.9. The largest absolute Gasteiger partial charge is 0.330 e. The van der Waals surface area contributed by atoms with Crippen LogP contribution < -0.4 is 11.5 Å². The summed E-state index contributed by atoms with van der Waals surface area (Å²) in [5.74, 6) is -0.327. The molecule has 4 N–H and O–H groups in total. The fourth-order valence-electron chi connectivity index (χ4n) is 1.13. The van der Waals surface area contributed by atoms with E-state index in [9.17, 15) is 4.39 Å². The minimum absolute atomic E-state index is 0.284. The lowest BCUT2D eigenvalue weighted by Crippen LogP contribution is -2.15. The molecule has 0 aliphatic rings. The van der Waals surface area contributed by atoms with Gasteiger partial charge < -0.3 is 11.5 Å². The molecule has 2 nitrogen and oxygen atoms in total. The minimum atomic E-state index is -0.327. The molecule has 0 heterocycles. The SMILES string of the molecule is NCC[C@@H](N)c1cc(F)ccc1Cl. The zero-order valence-electron chi connectivity index (χ0n) is 7.13. The van der Waals surface area contributed by atoms with Crippen molar-refractivity contribution in [1.82, 2.24) is 0 Å². The topological polar surface area (TPSA) is 52.0 Å². The van der Waals surface area contributed by atoms with Crippen molar-refractivity contribution >= 4 is 11.6 Å². The van der Waals surface area contributed by atoms with E-state index >= 15 is 0 Å². The van der Waals surface area contributed by atoms with Crippen LogP contribution in [-0.2, 0) is 0 Å². The quantitative estimate of drug-likeness (QED) is 0.786. The van der Waals surface area contributed by atoms with Crippen LogP contribution >= 0.6 is 11.6 Å². The standard InChI is InChI=1S/C9H12ClFN2/c10-8-2-1-6(11)5-7(8)9(13)3-4-12/h1-2,5,9H,3-4,12-13H2/t9-/m1/s1. The number of halogens is 2. The highest BCUT2D eigenvalue weighted by molar-refractivity contribution is 6.31. The second-order valence-electron chi connectivity index (χ2n) is 2.85. The van der Waals surface area contributed by atoms with E-state index in [1.165, 1.54) is 18.2 Å². The Bertz CT molecular complexity index is 291. The molecule has 4 heteroatoms. The average Bonchev–Trinajstić information content (AvgIpc) is 2.09. The molecule has 0 aromatic heterocycles. The lowest BCUT2D eigenvalue weighted by Gasteiger charge is -2.12. The van der Waals surface area contributed by atoms with Gasteiger partial charge >= 0.3 is 0 Å². The molecule has 1 aromatic rings. The molecule has 13 heavy (non-hydrogen) atoms. The lowest BCUT2D eigenvalue weighted by atomic mass is 10.0. The Morgan fingerprint density at radius 2 is 2.15 bits per heavy atom. The van der Waals surface area contributed by atoms with Gasteiger partial charge in [-0.25, -0.2) is 4.39 Å². The summed E-state index contributed by atoms with van der Waals surface area (Å²) < 4.78 is 12.8. The molecule has 0 spiro atoms. The fourth-order valence-corrected chi connectivity index (χ4v) is 1.39. The predicted octanol–water partition coefficient (Wildman–Crippen LogP) is 1.83. The molecule has 0 saturated heterocycles. The maximum absolute atomic E-state index is 12.8. The van der Waals surface area contributed by atoms with Crippen molar-refractivity contribution in [3.63, 3.8) is 0 Å². The maximum atomic E-state index is 12.8. The predicted molar refractivity (Wildman–Crippen MR) is 52.0 cm³/mol. The molecule has 0 aliphatic carbocycles. The Morgan fingerprint density at radius 3 is 2.77 bits per heavy atom. The molecule has 0 saturated carbocycles. The van der Waals surface area contributed by atoms with Gasteiger partial charge in [-0.2, -0.15) is 0 Å². The summed E-state index contributed by atoms with van der Waals surface area (Å²) >= 11 is 5.84. The van der Waals surface area contributed by atoms with Gasteiger partial charge in [0.05, 0.1) is 0 Å². The second-order valence-corrected chi connectivity index (χ2v) is 3.26. The van der Waals surface area contributed by atoms with Gasteiger partial charge in [0, 0.05) is 11.1 Å². The molecule has 0 aliphatic heterocycles. The highest BCUT2D eigenvalue weighted by Gasteiger charge is 2.09. The molecule has 1 rings (SSSR count). The van der Waals surface area contributed by atoms with Crippen molar-refractivity contribution in [2.75, 3.05) is 6.54 Å². The Hall–Kier alpha value is -0.640. The highest BCUT2D eigenvalue weighted by Crippen LogP contribution is 2.23. The highest BCUT2D eigenvalue weighted by atomic mass is 35.5. The summed E-state index contributed by atoms with van der Waals surface area (Å²) in [6.07, 6.45) is 0.600. The molecule has 0 bridgehead atoms. The second kappa shape index (κ2) is 4.56. The van der Waals surface area contributed by atoms with E-state index in [1.54, 1.807) is 0 Å². The van der Waals surface area contributed by atoms with Crippen molar-refractivity contribution in [3.8, 4) is 0 Å². The van der Waals surface area contributed by atoms with Gasteiger partial charge in [-0.1, -0.05) is 11.6 Å². The first-order valence-electron chi connectivity index (χ1n) is 4.05. The van der Waals surface area contributed by atoms with Crippen molar-refractivity contribution in [1.29, 1.82) is 0 Å². The van der Waals surface area contributed by atoms with Crippen molar-refractivity contribution in [2.45, 2.75) is 12.5 Å². The van der Waals surface area contributed by atoms with Crippen LogP contribution in [0, 0.1) is 5.82 Å². The van der Waals surface area contributed by atoms with Gasteiger partial charge in [-0.05, 0) is 36.7 Å². The number of nitrogens with two attached hydrogens (primary N) is 2. The van der Waals surface area contributed by atoms with Crippen molar-refractivity contribution < 1.29 is 4.39 Å². The zero-order chi connectivity index (χ0) is 9.84. The van der Waals surface area contributed by atoms with E-state index in [-0.39, 0.29) is 11.9 Å². The van der Waals surface area contributed by atoms with Gasteiger partial charge in [-0.15, -0.1) is 0 Å². The van der Waals surface area contributed by atoms with Crippen LogP contribution in [0.15, 0.2) is 18.2 Å². The Balaban J connectivity index is 2.91. The molecule has 72 valence electrons. The Labute approximate surface area is 81.7 Å². The van der Waals surface area contributed by atoms with Gasteiger partial charge in [0.2, 0.25) is 0 Å². The Morgan fingerprint density at radius 1 is 1.46 bits per heavy atom. The number of hydrogen-bond donors (Lipinski definition) is 2. The van der Waals surface area contributed by atoms with E-state index in [0.29, 0.717) is 23.6 Å². The molecule has 1 atom stereocenters. The molecular weight excluding hydrogens is 191 g/mol. The van der Waals surface area contributed by atoms with E-state index < -0.39 is 0 Å². The smallest absolute Gasteiger partial charge is 0.123 e. The number of hydrogen-bond acceptors (Lipinski definition) is 2. The van der Waals surface area contributed by atoms with Crippen LogP contribution in [0.1, 0.15) is 18.0 Å². The van der Waals surface area contributed by atoms with Crippen LogP contribution in [0.2, 0.25) is 5.02 Å². The minimum Gasteiger partial charge on any atom is -0.330 e. The van der Waals surface area contributed by atoms with Gasteiger partial charge in [0.15, 0.2) is 0 Å². The molecule has 0 radical (unpaired) electrons. The van der Waals surface area contributed by atoms with Crippen LogP contribution in [-0.4, -0.2) is 6.54 Å². The zero-order valence-corrected chi connectivity index (χ0v) is 7.89. The summed E-state index contributed by atoms with van der Waals surface area (Å²) in [6.45, 7) is 0.466. The summed E-state index contributed by atoms with van der Waals surface area (Å²) in [5, 5.41) is 0.488. The van der Waals surface area contributed by atoms with Crippen molar-refractivity contribution in [2.24, 2.45) is 11.5 Å². The summed E-state index contributed by atoms with van der Waals surface area (Å²) in [6, 6.07) is 3.87. The van der Waals surface area contributed by atoms with E-state index in [4.69, 9.17) is 23.1 Å². The van der Waals surface area contributed by atoms with E-state index in [0.717, 1.165) is 0 Å². The van der Waals surface area contributed by atoms with Crippen LogP contribution in [0.25, 0.3) is 0 Å². The summed E-state index contributed by atoms with van der Waals surface area (Å²) in [7, 11) is 0. The first-order chi connectivity index (χ1) is 6.15. The maximum Gasteiger partial charge on any atom is 0.123 e. The molecule has 0 unspecified atom stereocenters. The summed E-state index contributed by atoms with van der Waals surface area (Å²) in [5.41, 5.74) is 11.7. The van der Waals surface area contributed by atoms with Gasteiger partial charge in [0.1, 0.15) is 5.82 Å². The average molecular weight is 203 g/mol. The van der Waals surface area contributed by atoms with E-state index in [1.807, 2.05) is 0 Å². The third kappa shape index (κ3) is 2.66. The van der Waals surface area contributed by atoms with Crippen LogP contribution in [0.5, 0.6) is 0 Å². The van der Waals surface area contributed by atoms with Gasteiger partial charge in [0.25, 0.3) is 0 Å². The third-order valence-corrected chi connectivity index (χ3v) is 2.18. The molecule has 0 fully saturated rings. The molecule has 0 amide bonds. The summed E-state index contributed by atoms with van der Waals surface area (Å²) in [4.78, 5) is 0. The lowest BCUT2D eigenvalue weighted by molar-refractivity contribution is 0.612.